The second kappa shape index (κ2) is 4.17. The molecule has 0 saturated carbocycles. The molecule has 3 heteroatoms. The van der Waals surface area contributed by atoms with Gasteiger partial charge in [0.05, 0.1) is 12.2 Å². The van der Waals surface area contributed by atoms with Gasteiger partial charge in [-0.3, -0.25) is 4.68 Å². The molecular weight excluding hydrogens is 186 g/mol. The summed E-state index contributed by atoms with van der Waals surface area (Å²) >= 11 is 0. The van der Waals surface area contributed by atoms with E-state index in [0.717, 1.165) is 5.69 Å². The summed E-state index contributed by atoms with van der Waals surface area (Å²) in [4.78, 5) is 0. The van der Waals surface area contributed by atoms with Crippen molar-refractivity contribution in [3.8, 4) is 0 Å². The average Bonchev–Trinajstić information content (AvgIpc) is 2.66. The molecule has 3 nitrogen and oxygen atoms in total. The van der Waals surface area contributed by atoms with Crippen LogP contribution in [0.2, 0.25) is 0 Å². The van der Waals surface area contributed by atoms with Crippen LogP contribution in [0.25, 0.3) is 0 Å². The van der Waals surface area contributed by atoms with E-state index in [-0.39, 0.29) is 6.04 Å². The fourth-order valence-corrected chi connectivity index (χ4v) is 1.53. The van der Waals surface area contributed by atoms with E-state index in [9.17, 15) is 0 Å². The molecule has 1 unspecified atom stereocenters. The summed E-state index contributed by atoms with van der Waals surface area (Å²) < 4.78 is 1.82. The third-order valence-electron chi connectivity index (χ3n) is 2.38. The first-order valence-corrected chi connectivity index (χ1v) is 5.06. The summed E-state index contributed by atoms with van der Waals surface area (Å²) in [6.07, 6.45) is 3.92. The monoisotopic (exact) mass is 201 g/mol. The minimum Gasteiger partial charge on any atom is -0.378 e. The Bertz CT molecular complexity index is 419. The topological polar surface area (TPSA) is 29.9 Å². The molecular formula is C12H15N3. The maximum Gasteiger partial charge on any atom is 0.0542 e. The maximum absolute atomic E-state index is 4.16. The van der Waals surface area contributed by atoms with Gasteiger partial charge >= 0.3 is 0 Å². The molecule has 1 aromatic carbocycles. The van der Waals surface area contributed by atoms with Crippen molar-refractivity contribution in [3.63, 3.8) is 0 Å². The van der Waals surface area contributed by atoms with Gasteiger partial charge in [-0.2, -0.15) is 5.10 Å². The smallest absolute Gasteiger partial charge is 0.0542 e. The van der Waals surface area contributed by atoms with Crippen molar-refractivity contribution >= 4 is 5.69 Å². The minimum atomic E-state index is 0.279. The van der Waals surface area contributed by atoms with Gasteiger partial charge in [0.25, 0.3) is 0 Å². The molecule has 1 aromatic heterocycles. The van der Waals surface area contributed by atoms with Crippen LogP contribution >= 0.6 is 0 Å². The zero-order chi connectivity index (χ0) is 10.7. The average molecular weight is 201 g/mol. The number of anilines is 1. The summed E-state index contributed by atoms with van der Waals surface area (Å²) in [6.45, 7) is 2.13. The molecule has 0 aliphatic heterocycles. The number of aryl methyl sites for hydroxylation is 1. The predicted molar refractivity (Wildman–Crippen MR) is 61.7 cm³/mol. The number of rotatable bonds is 3. The highest BCUT2D eigenvalue weighted by Crippen LogP contribution is 2.17. The quantitative estimate of drug-likeness (QED) is 0.827. The maximum atomic E-state index is 4.16. The van der Waals surface area contributed by atoms with Crippen molar-refractivity contribution < 1.29 is 0 Å². The molecule has 0 saturated heterocycles. The first-order valence-electron chi connectivity index (χ1n) is 5.06. The Balaban J connectivity index is 2.07. The van der Waals surface area contributed by atoms with Crippen LogP contribution in [0.5, 0.6) is 0 Å². The fourth-order valence-electron chi connectivity index (χ4n) is 1.53. The van der Waals surface area contributed by atoms with Crippen molar-refractivity contribution in [2.45, 2.75) is 13.0 Å². The molecule has 1 atom stereocenters. The summed E-state index contributed by atoms with van der Waals surface area (Å²) in [7, 11) is 1.93. The lowest BCUT2D eigenvalue weighted by atomic mass is 10.2. The summed E-state index contributed by atoms with van der Waals surface area (Å²) in [6, 6.07) is 10.5. The Kier molecular flexibility index (Phi) is 2.72. The molecule has 1 N–H and O–H groups in total. The molecule has 2 aromatic rings. The molecule has 0 aliphatic carbocycles. The molecule has 0 fully saturated rings. The van der Waals surface area contributed by atoms with E-state index in [1.807, 2.05) is 42.3 Å². The number of nitrogens with zero attached hydrogens (tertiary/aromatic N) is 2. The molecule has 0 amide bonds. The highest BCUT2D eigenvalue weighted by atomic mass is 15.2. The van der Waals surface area contributed by atoms with Crippen LogP contribution in [0.3, 0.4) is 0 Å². The van der Waals surface area contributed by atoms with Crippen molar-refractivity contribution in [1.82, 2.24) is 9.78 Å². The Morgan fingerprint density at radius 3 is 2.60 bits per heavy atom. The summed E-state index contributed by atoms with van der Waals surface area (Å²) in [5, 5.41) is 7.57. The number of aromatic nitrogens is 2. The molecule has 1 heterocycles. The number of benzene rings is 1. The van der Waals surface area contributed by atoms with Crippen LogP contribution in [-0.2, 0) is 7.05 Å². The van der Waals surface area contributed by atoms with E-state index in [4.69, 9.17) is 0 Å². The standard InChI is InChI=1S/C12H15N3/c1-10(11-8-13-15(2)9-11)14-12-6-4-3-5-7-12/h3-10,14H,1-2H3. The largest absolute Gasteiger partial charge is 0.378 e. The van der Waals surface area contributed by atoms with Gasteiger partial charge in [-0.25, -0.2) is 0 Å². The van der Waals surface area contributed by atoms with Crippen molar-refractivity contribution in [2.24, 2.45) is 7.05 Å². The Labute approximate surface area is 89.7 Å². The van der Waals surface area contributed by atoms with Crippen LogP contribution in [0, 0.1) is 0 Å². The Morgan fingerprint density at radius 2 is 2.00 bits per heavy atom. The van der Waals surface area contributed by atoms with Crippen LogP contribution < -0.4 is 5.32 Å². The second-order valence-electron chi connectivity index (χ2n) is 3.68. The number of nitrogens with one attached hydrogen (secondary N) is 1. The zero-order valence-electron chi connectivity index (χ0n) is 9.01. The Morgan fingerprint density at radius 1 is 1.27 bits per heavy atom. The minimum absolute atomic E-state index is 0.279. The van der Waals surface area contributed by atoms with Crippen LogP contribution in [0.1, 0.15) is 18.5 Å². The van der Waals surface area contributed by atoms with Crippen LogP contribution in [0.15, 0.2) is 42.7 Å². The molecule has 78 valence electrons. The molecule has 0 bridgehead atoms. The van der Waals surface area contributed by atoms with Gasteiger partial charge in [0.1, 0.15) is 0 Å². The number of hydrogen-bond donors (Lipinski definition) is 1. The van der Waals surface area contributed by atoms with Crippen molar-refractivity contribution in [1.29, 1.82) is 0 Å². The summed E-state index contributed by atoms with van der Waals surface area (Å²) in [5.74, 6) is 0. The molecule has 0 spiro atoms. The number of para-hydroxylation sites is 1. The van der Waals surface area contributed by atoms with E-state index < -0.39 is 0 Å². The van der Waals surface area contributed by atoms with Gasteiger partial charge in [-0.05, 0) is 19.1 Å². The Hall–Kier alpha value is -1.77. The highest BCUT2D eigenvalue weighted by Gasteiger charge is 2.06. The molecule has 2 rings (SSSR count). The normalized spacial score (nSPS) is 12.4. The molecule has 15 heavy (non-hydrogen) atoms. The van der Waals surface area contributed by atoms with Gasteiger partial charge < -0.3 is 5.32 Å². The van der Waals surface area contributed by atoms with Gasteiger partial charge in [0.15, 0.2) is 0 Å². The lowest BCUT2D eigenvalue weighted by molar-refractivity contribution is 0.765. The summed E-state index contributed by atoms with van der Waals surface area (Å²) in [5.41, 5.74) is 2.33. The molecule has 0 radical (unpaired) electrons. The third-order valence-corrected chi connectivity index (χ3v) is 2.38. The zero-order valence-corrected chi connectivity index (χ0v) is 9.01. The third kappa shape index (κ3) is 2.37. The van der Waals surface area contributed by atoms with Gasteiger partial charge in [-0.15, -0.1) is 0 Å². The van der Waals surface area contributed by atoms with E-state index >= 15 is 0 Å². The van der Waals surface area contributed by atoms with Crippen LogP contribution in [0.4, 0.5) is 5.69 Å². The van der Waals surface area contributed by atoms with Gasteiger partial charge in [-0.1, -0.05) is 18.2 Å². The van der Waals surface area contributed by atoms with Gasteiger partial charge in [0, 0.05) is 24.5 Å². The van der Waals surface area contributed by atoms with E-state index in [2.05, 4.69) is 29.5 Å². The van der Waals surface area contributed by atoms with Crippen molar-refractivity contribution in [2.75, 3.05) is 5.32 Å². The fraction of sp³-hybridized carbons (Fsp3) is 0.250. The SMILES string of the molecule is CC(Nc1ccccc1)c1cnn(C)c1. The van der Waals surface area contributed by atoms with E-state index in [0.29, 0.717) is 0 Å². The first-order chi connectivity index (χ1) is 7.25. The van der Waals surface area contributed by atoms with E-state index in [1.54, 1.807) is 0 Å². The number of hydrogen-bond acceptors (Lipinski definition) is 2. The molecule has 0 aliphatic rings. The predicted octanol–water partition coefficient (Wildman–Crippen LogP) is 2.59. The van der Waals surface area contributed by atoms with Crippen LogP contribution in [-0.4, -0.2) is 9.78 Å². The second-order valence-corrected chi connectivity index (χ2v) is 3.68. The van der Waals surface area contributed by atoms with E-state index in [1.165, 1.54) is 5.56 Å². The highest BCUT2D eigenvalue weighted by molar-refractivity contribution is 5.44. The first kappa shape index (κ1) is 9.77. The van der Waals surface area contributed by atoms with Gasteiger partial charge in [0.2, 0.25) is 0 Å². The van der Waals surface area contributed by atoms with Crippen molar-refractivity contribution in [3.05, 3.63) is 48.3 Å². The lowest BCUT2D eigenvalue weighted by Crippen LogP contribution is -2.05. The lowest BCUT2D eigenvalue weighted by Gasteiger charge is -2.13.